The SMILES string of the molecule is C=CCNC(=S)NS(=O)(=O)Cc1ccccc1. The standard InChI is InChI=1S/C11H14N2O2S2/c1-2-8-12-11(16)13-17(14,15)9-10-6-4-3-5-7-10/h2-7H,1,8-9H2,(H2,12,13,16). The molecule has 0 radical (unpaired) electrons. The van der Waals surface area contributed by atoms with Gasteiger partial charge in [-0.1, -0.05) is 36.4 Å². The summed E-state index contributed by atoms with van der Waals surface area (Å²) < 4.78 is 25.7. The lowest BCUT2D eigenvalue weighted by Crippen LogP contribution is -2.39. The molecule has 0 unspecified atom stereocenters. The maximum Gasteiger partial charge on any atom is 0.238 e. The maximum absolute atomic E-state index is 11.7. The van der Waals surface area contributed by atoms with Crippen molar-refractivity contribution < 1.29 is 8.42 Å². The molecule has 4 nitrogen and oxygen atoms in total. The monoisotopic (exact) mass is 270 g/mol. The first-order chi connectivity index (χ1) is 8.03. The van der Waals surface area contributed by atoms with Crippen LogP contribution in [0, 0.1) is 0 Å². The summed E-state index contributed by atoms with van der Waals surface area (Å²) in [7, 11) is -3.45. The maximum atomic E-state index is 11.7. The van der Waals surface area contributed by atoms with E-state index in [0.717, 1.165) is 0 Å². The molecule has 2 N–H and O–H groups in total. The van der Waals surface area contributed by atoms with Crippen molar-refractivity contribution in [1.29, 1.82) is 0 Å². The van der Waals surface area contributed by atoms with Crippen molar-refractivity contribution in [3.8, 4) is 0 Å². The molecule has 1 rings (SSSR count). The zero-order chi connectivity index (χ0) is 12.7. The van der Waals surface area contributed by atoms with Crippen LogP contribution in [-0.2, 0) is 15.8 Å². The molecule has 0 heterocycles. The fourth-order valence-electron chi connectivity index (χ4n) is 1.17. The molecule has 1 aromatic carbocycles. The number of sulfonamides is 1. The van der Waals surface area contributed by atoms with E-state index >= 15 is 0 Å². The lowest BCUT2D eigenvalue weighted by atomic mass is 10.2. The van der Waals surface area contributed by atoms with Crippen molar-refractivity contribution in [2.45, 2.75) is 5.75 Å². The van der Waals surface area contributed by atoms with Gasteiger partial charge in [0.2, 0.25) is 10.0 Å². The smallest absolute Gasteiger partial charge is 0.238 e. The molecule has 0 aliphatic heterocycles. The van der Waals surface area contributed by atoms with Crippen LogP contribution in [0.3, 0.4) is 0 Å². The molecule has 0 bridgehead atoms. The highest BCUT2D eigenvalue weighted by Gasteiger charge is 2.12. The zero-order valence-corrected chi connectivity index (χ0v) is 10.9. The third-order valence-electron chi connectivity index (χ3n) is 1.85. The Labute approximate surface area is 107 Å². The topological polar surface area (TPSA) is 58.2 Å². The highest BCUT2D eigenvalue weighted by atomic mass is 32.2. The average molecular weight is 270 g/mol. The van der Waals surface area contributed by atoms with Gasteiger partial charge < -0.3 is 5.32 Å². The van der Waals surface area contributed by atoms with Gasteiger partial charge in [-0.2, -0.15) is 0 Å². The van der Waals surface area contributed by atoms with Crippen molar-refractivity contribution >= 4 is 27.4 Å². The minimum atomic E-state index is -3.45. The molecule has 92 valence electrons. The molecule has 0 atom stereocenters. The van der Waals surface area contributed by atoms with E-state index in [1.807, 2.05) is 6.07 Å². The van der Waals surface area contributed by atoms with E-state index in [2.05, 4.69) is 16.6 Å². The Morgan fingerprint density at radius 3 is 2.59 bits per heavy atom. The Kier molecular flexibility index (Phi) is 5.11. The Morgan fingerprint density at radius 2 is 2.00 bits per heavy atom. The summed E-state index contributed by atoms with van der Waals surface area (Å²) in [6.07, 6.45) is 1.60. The van der Waals surface area contributed by atoms with Gasteiger partial charge in [0.05, 0.1) is 5.75 Å². The van der Waals surface area contributed by atoms with Crippen LogP contribution in [0.25, 0.3) is 0 Å². The van der Waals surface area contributed by atoms with Crippen LogP contribution in [0.1, 0.15) is 5.56 Å². The minimum absolute atomic E-state index is 0.0841. The van der Waals surface area contributed by atoms with Gasteiger partial charge >= 0.3 is 0 Å². The van der Waals surface area contributed by atoms with Crippen molar-refractivity contribution in [2.75, 3.05) is 6.54 Å². The third kappa shape index (κ3) is 5.46. The Bertz CT molecular complexity index is 483. The van der Waals surface area contributed by atoms with Gasteiger partial charge in [-0.05, 0) is 17.8 Å². The van der Waals surface area contributed by atoms with Crippen molar-refractivity contribution in [1.82, 2.24) is 10.0 Å². The minimum Gasteiger partial charge on any atom is -0.358 e. The summed E-state index contributed by atoms with van der Waals surface area (Å²) in [5.41, 5.74) is 0.714. The van der Waals surface area contributed by atoms with Gasteiger partial charge in [-0.3, -0.25) is 4.72 Å². The van der Waals surface area contributed by atoms with Crippen LogP contribution in [0.4, 0.5) is 0 Å². The van der Waals surface area contributed by atoms with Crippen molar-refractivity contribution in [3.05, 3.63) is 48.6 Å². The molecule has 0 aromatic heterocycles. The first-order valence-corrected chi connectivity index (χ1v) is 7.03. The van der Waals surface area contributed by atoms with Gasteiger partial charge in [0, 0.05) is 6.54 Å². The van der Waals surface area contributed by atoms with Crippen LogP contribution in [0.2, 0.25) is 0 Å². The number of benzene rings is 1. The summed E-state index contributed by atoms with van der Waals surface area (Å²) in [5.74, 6) is -0.0935. The largest absolute Gasteiger partial charge is 0.358 e. The summed E-state index contributed by atoms with van der Waals surface area (Å²) in [6.45, 7) is 3.92. The van der Waals surface area contributed by atoms with Crippen molar-refractivity contribution in [2.24, 2.45) is 0 Å². The van der Waals surface area contributed by atoms with Crippen LogP contribution in [-0.4, -0.2) is 20.1 Å². The molecular formula is C11H14N2O2S2. The first-order valence-electron chi connectivity index (χ1n) is 4.96. The Morgan fingerprint density at radius 1 is 1.35 bits per heavy atom. The highest BCUT2D eigenvalue weighted by Crippen LogP contribution is 2.03. The van der Waals surface area contributed by atoms with Crippen LogP contribution >= 0.6 is 12.2 Å². The number of nitrogens with one attached hydrogen (secondary N) is 2. The molecular weight excluding hydrogens is 256 g/mol. The first kappa shape index (κ1) is 13.7. The molecule has 0 saturated carbocycles. The average Bonchev–Trinajstić information content (AvgIpc) is 2.26. The Hall–Kier alpha value is -1.40. The van der Waals surface area contributed by atoms with E-state index in [4.69, 9.17) is 12.2 Å². The van der Waals surface area contributed by atoms with Crippen LogP contribution < -0.4 is 10.0 Å². The van der Waals surface area contributed by atoms with E-state index in [1.54, 1.807) is 30.3 Å². The van der Waals surface area contributed by atoms with Crippen molar-refractivity contribution in [3.63, 3.8) is 0 Å². The lowest BCUT2D eigenvalue weighted by Gasteiger charge is -2.09. The normalized spacial score (nSPS) is 10.6. The summed E-state index contributed by atoms with van der Waals surface area (Å²) in [5, 5.41) is 2.78. The number of rotatable bonds is 5. The summed E-state index contributed by atoms with van der Waals surface area (Å²) >= 11 is 4.83. The van der Waals surface area contributed by atoms with Gasteiger partial charge in [-0.25, -0.2) is 8.42 Å². The Balaban J connectivity index is 2.58. The molecule has 0 spiro atoms. The summed E-state index contributed by atoms with van der Waals surface area (Å²) in [4.78, 5) is 0. The third-order valence-corrected chi connectivity index (χ3v) is 3.46. The second kappa shape index (κ2) is 6.36. The van der Waals surface area contributed by atoms with Gasteiger partial charge in [-0.15, -0.1) is 6.58 Å². The molecule has 1 aromatic rings. The van der Waals surface area contributed by atoms with Gasteiger partial charge in [0.1, 0.15) is 0 Å². The molecule has 0 amide bonds. The lowest BCUT2D eigenvalue weighted by molar-refractivity contribution is 0.591. The quantitative estimate of drug-likeness (QED) is 0.623. The number of thiocarbonyl (C=S) groups is 1. The molecule has 0 aliphatic carbocycles. The van der Waals surface area contributed by atoms with E-state index in [9.17, 15) is 8.42 Å². The zero-order valence-electron chi connectivity index (χ0n) is 9.22. The summed E-state index contributed by atoms with van der Waals surface area (Å²) in [6, 6.07) is 8.91. The predicted octanol–water partition coefficient (Wildman–Crippen LogP) is 1.17. The molecule has 6 heteroatoms. The van der Waals surface area contributed by atoms with Crippen LogP contribution in [0.5, 0.6) is 0 Å². The molecule has 17 heavy (non-hydrogen) atoms. The number of hydrogen-bond donors (Lipinski definition) is 2. The fraction of sp³-hybridized carbons (Fsp3) is 0.182. The predicted molar refractivity (Wildman–Crippen MR) is 73.0 cm³/mol. The molecule has 0 fully saturated rings. The fourth-order valence-corrected chi connectivity index (χ4v) is 2.69. The second-order valence-corrected chi connectivity index (χ2v) is 5.48. The van der Waals surface area contributed by atoms with Gasteiger partial charge in [0.15, 0.2) is 5.11 Å². The van der Waals surface area contributed by atoms with Gasteiger partial charge in [0.25, 0.3) is 0 Å². The molecule has 0 aliphatic rings. The van der Waals surface area contributed by atoms with E-state index in [0.29, 0.717) is 12.1 Å². The second-order valence-electron chi connectivity index (χ2n) is 3.35. The van der Waals surface area contributed by atoms with E-state index < -0.39 is 10.0 Å². The molecule has 0 saturated heterocycles. The van der Waals surface area contributed by atoms with E-state index in [1.165, 1.54) is 0 Å². The highest BCUT2D eigenvalue weighted by molar-refractivity contribution is 7.91. The van der Waals surface area contributed by atoms with E-state index in [-0.39, 0.29) is 10.9 Å². The van der Waals surface area contributed by atoms with Crippen LogP contribution in [0.15, 0.2) is 43.0 Å². The number of hydrogen-bond acceptors (Lipinski definition) is 3.